The largest absolute Gasteiger partial charge is 0.271 e. The highest BCUT2D eigenvalue weighted by Gasteiger charge is 2.11. The number of aryl methyl sites for hydroxylation is 2. The molecule has 0 aliphatic carbocycles. The molecule has 0 fully saturated rings. The number of benzene rings is 1. The van der Waals surface area contributed by atoms with Gasteiger partial charge in [0.1, 0.15) is 0 Å². The molecule has 2 aromatic heterocycles. The maximum Gasteiger partial charge on any atom is 0.271 e. The van der Waals surface area contributed by atoms with Crippen molar-refractivity contribution in [1.82, 2.24) is 24.7 Å². The maximum atomic E-state index is 10.7. The van der Waals surface area contributed by atoms with Crippen LogP contribution in [0, 0.1) is 28.7 Å². The molecule has 0 saturated carbocycles. The fourth-order valence-electron chi connectivity index (χ4n) is 2.16. The molecule has 0 atom stereocenters. The highest BCUT2D eigenvalue weighted by atomic mass is 32.1. The van der Waals surface area contributed by atoms with E-state index in [9.17, 15) is 10.1 Å². The molecule has 0 radical (unpaired) electrons. The van der Waals surface area contributed by atoms with Gasteiger partial charge >= 0.3 is 0 Å². The van der Waals surface area contributed by atoms with E-state index in [1.807, 2.05) is 19.9 Å². The van der Waals surface area contributed by atoms with Crippen LogP contribution in [0.3, 0.4) is 0 Å². The van der Waals surface area contributed by atoms with E-state index < -0.39 is 4.92 Å². The van der Waals surface area contributed by atoms with E-state index in [0.717, 1.165) is 11.4 Å². The van der Waals surface area contributed by atoms with Crippen molar-refractivity contribution >= 4 is 24.1 Å². The van der Waals surface area contributed by atoms with E-state index in [2.05, 4.69) is 20.4 Å². The Morgan fingerprint density at radius 1 is 1.33 bits per heavy atom. The third-order valence-electron chi connectivity index (χ3n) is 3.26. The average molecular weight is 343 g/mol. The van der Waals surface area contributed by atoms with Crippen molar-refractivity contribution in [2.24, 2.45) is 5.10 Å². The summed E-state index contributed by atoms with van der Waals surface area (Å²) in [6, 6.07) is 7.96. The van der Waals surface area contributed by atoms with Crippen molar-refractivity contribution in [3.8, 4) is 5.95 Å². The predicted octanol–water partition coefficient (Wildman–Crippen LogP) is 2.53. The van der Waals surface area contributed by atoms with Crippen molar-refractivity contribution in [2.75, 3.05) is 0 Å². The lowest BCUT2D eigenvalue weighted by molar-refractivity contribution is -0.384. The van der Waals surface area contributed by atoms with Crippen molar-refractivity contribution in [3.63, 3.8) is 0 Å². The Morgan fingerprint density at radius 3 is 2.62 bits per heavy atom. The Hall–Kier alpha value is -3.14. The summed E-state index contributed by atoms with van der Waals surface area (Å²) in [5.41, 5.74) is 2.47. The lowest BCUT2D eigenvalue weighted by Gasteiger charge is -2.02. The molecule has 0 spiro atoms. The zero-order chi connectivity index (χ0) is 17.3. The minimum Gasteiger partial charge on any atom is -0.258 e. The topological polar surface area (TPSA) is 107 Å². The van der Waals surface area contributed by atoms with Gasteiger partial charge in [-0.1, -0.05) is 0 Å². The third-order valence-corrected chi connectivity index (χ3v) is 3.52. The van der Waals surface area contributed by atoms with Crippen LogP contribution in [0.1, 0.15) is 17.0 Å². The van der Waals surface area contributed by atoms with Crippen molar-refractivity contribution < 1.29 is 4.92 Å². The Labute approximate surface area is 141 Å². The van der Waals surface area contributed by atoms with E-state index in [1.54, 1.807) is 23.0 Å². The lowest BCUT2D eigenvalue weighted by atomic mass is 10.2. The second-order valence-electron chi connectivity index (χ2n) is 5.07. The standard InChI is InChI=1S/C14H13N7O2S/c1-9-7-10(2)19(18-9)13-16-17-14(24)20(13)15-8-11-3-5-12(6-4-11)21(22)23/h3-8H,1-2H3,(H,17,24). The lowest BCUT2D eigenvalue weighted by Crippen LogP contribution is -2.07. The van der Waals surface area contributed by atoms with Gasteiger partial charge in [0.15, 0.2) is 0 Å². The molecule has 1 aromatic carbocycles. The Kier molecular flexibility index (Phi) is 4.04. The Balaban J connectivity index is 1.96. The van der Waals surface area contributed by atoms with Crippen LogP contribution in [0.25, 0.3) is 5.95 Å². The van der Waals surface area contributed by atoms with Gasteiger partial charge in [-0.05, 0) is 49.8 Å². The molecule has 0 unspecified atom stereocenters. The van der Waals surface area contributed by atoms with Crippen LogP contribution in [-0.4, -0.2) is 35.8 Å². The first kappa shape index (κ1) is 15.7. The summed E-state index contributed by atoms with van der Waals surface area (Å²) in [5, 5.41) is 26.2. The Bertz CT molecular complexity index is 981. The minimum absolute atomic E-state index is 0.0235. The van der Waals surface area contributed by atoms with Crippen LogP contribution < -0.4 is 0 Å². The number of non-ortho nitro benzene ring substituents is 1. The summed E-state index contributed by atoms with van der Waals surface area (Å²) in [7, 11) is 0. The number of hydrogen-bond donors (Lipinski definition) is 1. The molecule has 3 rings (SSSR count). The van der Waals surface area contributed by atoms with E-state index in [1.165, 1.54) is 16.8 Å². The molecule has 0 amide bonds. The molecule has 122 valence electrons. The van der Waals surface area contributed by atoms with Crippen molar-refractivity contribution in [3.05, 3.63) is 62.2 Å². The number of hydrogen-bond acceptors (Lipinski definition) is 6. The van der Waals surface area contributed by atoms with Crippen molar-refractivity contribution in [2.45, 2.75) is 13.8 Å². The normalized spacial score (nSPS) is 11.2. The van der Waals surface area contributed by atoms with Gasteiger partial charge in [0.25, 0.3) is 11.6 Å². The summed E-state index contributed by atoms with van der Waals surface area (Å²) >= 11 is 5.19. The first-order valence-electron chi connectivity index (χ1n) is 6.95. The molecular weight excluding hydrogens is 330 g/mol. The summed E-state index contributed by atoms with van der Waals surface area (Å²) < 4.78 is 3.39. The van der Waals surface area contributed by atoms with E-state index in [0.29, 0.717) is 16.3 Å². The summed E-state index contributed by atoms with van der Waals surface area (Å²) in [6.07, 6.45) is 1.55. The zero-order valence-corrected chi connectivity index (χ0v) is 13.7. The van der Waals surface area contributed by atoms with Gasteiger partial charge in [-0.3, -0.25) is 10.1 Å². The molecule has 3 aromatic rings. The molecule has 24 heavy (non-hydrogen) atoms. The fraction of sp³-hybridized carbons (Fsp3) is 0.143. The number of nitro groups is 1. The molecule has 0 aliphatic heterocycles. The zero-order valence-electron chi connectivity index (χ0n) is 12.9. The van der Waals surface area contributed by atoms with Crippen LogP contribution in [0.4, 0.5) is 5.69 Å². The summed E-state index contributed by atoms with van der Waals surface area (Å²) in [6.45, 7) is 3.79. The molecule has 0 aliphatic rings. The van der Waals surface area contributed by atoms with Gasteiger partial charge in [0, 0.05) is 17.8 Å². The van der Waals surface area contributed by atoms with Crippen LogP contribution in [-0.2, 0) is 0 Å². The molecular formula is C14H13N7O2S. The highest BCUT2D eigenvalue weighted by Crippen LogP contribution is 2.12. The molecule has 2 heterocycles. The smallest absolute Gasteiger partial charge is 0.258 e. The first-order valence-corrected chi connectivity index (χ1v) is 7.36. The quantitative estimate of drug-likeness (QED) is 0.339. The second-order valence-corrected chi connectivity index (χ2v) is 5.46. The molecule has 0 saturated heterocycles. The van der Waals surface area contributed by atoms with Gasteiger partial charge in [0.2, 0.25) is 4.77 Å². The van der Waals surface area contributed by atoms with Crippen LogP contribution >= 0.6 is 12.2 Å². The van der Waals surface area contributed by atoms with E-state index in [4.69, 9.17) is 12.2 Å². The maximum absolute atomic E-state index is 10.7. The number of aromatic nitrogens is 5. The van der Waals surface area contributed by atoms with Gasteiger partial charge in [-0.25, -0.2) is 9.78 Å². The number of rotatable bonds is 4. The number of nitrogens with zero attached hydrogens (tertiary/aromatic N) is 6. The number of H-pyrrole nitrogens is 1. The fourth-order valence-corrected chi connectivity index (χ4v) is 2.34. The first-order chi connectivity index (χ1) is 11.5. The predicted molar refractivity (Wildman–Crippen MR) is 90.1 cm³/mol. The molecule has 10 heteroatoms. The monoisotopic (exact) mass is 343 g/mol. The van der Waals surface area contributed by atoms with E-state index in [-0.39, 0.29) is 5.69 Å². The SMILES string of the molecule is Cc1cc(C)n(-c2n[nH]c(=S)n2N=Cc2ccc([N+](=O)[O-])cc2)n1. The third kappa shape index (κ3) is 2.99. The number of nitrogens with one attached hydrogen (secondary N) is 1. The Morgan fingerprint density at radius 2 is 2.04 bits per heavy atom. The van der Waals surface area contributed by atoms with Gasteiger partial charge < -0.3 is 0 Å². The minimum atomic E-state index is -0.450. The second kappa shape index (κ2) is 6.16. The summed E-state index contributed by atoms with van der Waals surface area (Å²) in [4.78, 5) is 10.2. The van der Waals surface area contributed by atoms with Gasteiger partial charge in [-0.2, -0.15) is 14.9 Å². The molecule has 1 N–H and O–H groups in total. The average Bonchev–Trinajstić information content (AvgIpc) is 3.07. The van der Waals surface area contributed by atoms with Crippen LogP contribution in [0.2, 0.25) is 0 Å². The summed E-state index contributed by atoms with van der Waals surface area (Å²) in [5.74, 6) is 0.434. The van der Waals surface area contributed by atoms with Crippen molar-refractivity contribution in [1.29, 1.82) is 0 Å². The van der Waals surface area contributed by atoms with Gasteiger partial charge in [-0.15, -0.1) is 5.10 Å². The van der Waals surface area contributed by atoms with Crippen LogP contribution in [0.15, 0.2) is 35.4 Å². The van der Waals surface area contributed by atoms with Crippen LogP contribution in [0.5, 0.6) is 0 Å². The number of aromatic amines is 1. The highest BCUT2D eigenvalue weighted by molar-refractivity contribution is 7.71. The molecule has 9 nitrogen and oxygen atoms in total. The number of nitro benzene ring substituents is 1. The molecule has 0 bridgehead atoms. The van der Waals surface area contributed by atoms with E-state index >= 15 is 0 Å². The van der Waals surface area contributed by atoms with Gasteiger partial charge in [0.05, 0.1) is 16.8 Å².